The van der Waals surface area contributed by atoms with E-state index >= 15 is 0 Å². The fourth-order valence-corrected chi connectivity index (χ4v) is 3.35. The van der Waals surface area contributed by atoms with Gasteiger partial charge in [0.2, 0.25) is 5.91 Å². The third kappa shape index (κ3) is 2.81. The van der Waals surface area contributed by atoms with E-state index in [1.807, 2.05) is 29.6 Å². The fourth-order valence-electron chi connectivity index (χ4n) is 2.66. The summed E-state index contributed by atoms with van der Waals surface area (Å²) in [6, 6.07) is 11.0. The van der Waals surface area contributed by atoms with E-state index in [0.717, 1.165) is 21.8 Å². The number of amides is 2. The lowest BCUT2D eigenvalue weighted by atomic mass is 10.00. The summed E-state index contributed by atoms with van der Waals surface area (Å²) in [5.74, 6) is 0.269. The first-order valence-electron chi connectivity index (χ1n) is 7.52. The molecule has 0 atom stereocenters. The van der Waals surface area contributed by atoms with Crippen LogP contribution in [0.2, 0.25) is 0 Å². The molecule has 24 heavy (non-hydrogen) atoms. The Bertz CT molecular complexity index is 915. The van der Waals surface area contributed by atoms with Gasteiger partial charge in [-0.1, -0.05) is 6.07 Å². The smallest absolute Gasteiger partial charge is 0.256 e. The van der Waals surface area contributed by atoms with Crippen LogP contribution in [0.3, 0.4) is 0 Å². The van der Waals surface area contributed by atoms with Gasteiger partial charge in [0.05, 0.1) is 10.6 Å². The number of thiophene rings is 1. The van der Waals surface area contributed by atoms with Crippen molar-refractivity contribution in [3.8, 4) is 10.6 Å². The standard InChI is InChI=1S/C17H14N4O2S/c22-16-6-4-10-8-11(3-5-12(10)18-16)17(23)19-15-9-13(20-21-15)14-2-1-7-24-14/h1-3,5,7-9H,4,6H2,(H,18,22)(H2,19,20,21,23). The number of carbonyl (C=O) groups is 2. The molecule has 0 unspecified atom stereocenters. The molecule has 0 saturated heterocycles. The molecule has 0 fully saturated rings. The number of benzene rings is 1. The Kier molecular flexibility index (Phi) is 3.62. The number of aryl methyl sites for hydroxylation is 1. The van der Waals surface area contributed by atoms with E-state index in [0.29, 0.717) is 24.2 Å². The van der Waals surface area contributed by atoms with E-state index in [1.54, 1.807) is 23.5 Å². The molecule has 0 spiro atoms. The number of carbonyl (C=O) groups excluding carboxylic acids is 2. The summed E-state index contributed by atoms with van der Waals surface area (Å²) >= 11 is 1.60. The summed E-state index contributed by atoms with van der Waals surface area (Å²) in [6.07, 6.45) is 1.09. The lowest BCUT2D eigenvalue weighted by molar-refractivity contribution is -0.116. The number of hydrogen-bond acceptors (Lipinski definition) is 4. The molecule has 2 amide bonds. The first kappa shape index (κ1) is 14.6. The van der Waals surface area contributed by atoms with Gasteiger partial charge in [0, 0.05) is 23.7 Å². The largest absolute Gasteiger partial charge is 0.326 e. The van der Waals surface area contributed by atoms with Crippen LogP contribution in [0.1, 0.15) is 22.3 Å². The number of nitrogens with zero attached hydrogens (tertiary/aromatic N) is 1. The van der Waals surface area contributed by atoms with Crippen molar-refractivity contribution in [2.24, 2.45) is 0 Å². The predicted molar refractivity (Wildman–Crippen MR) is 93.2 cm³/mol. The molecule has 2 aromatic heterocycles. The van der Waals surface area contributed by atoms with Gasteiger partial charge in [0.1, 0.15) is 0 Å². The molecule has 6 nitrogen and oxygen atoms in total. The van der Waals surface area contributed by atoms with Crippen molar-refractivity contribution >= 4 is 34.7 Å². The molecule has 7 heteroatoms. The van der Waals surface area contributed by atoms with E-state index in [9.17, 15) is 9.59 Å². The first-order valence-corrected chi connectivity index (χ1v) is 8.40. The lowest BCUT2D eigenvalue weighted by Gasteiger charge is -2.17. The van der Waals surface area contributed by atoms with Gasteiger partial charge in [-0.15, -0.1) is 11.3 Å². The quantitative estimate of drug-likeness (QED) is 0.685. The Hall–Kier alpha value is -2.93. The number of nitrogens with one attached hydrogen (secondary N) is 3. The van der Waals surface area contributed by atoms with Crippen molar-refractivity contribution < 1.29 is 9.59 Å². The highest BCUT2D eigenvalue weighted by Gasteiger charge is 2.17. The normalized spacial score (nSPS) is 13.2. The van der Waals surface area contributed by atoms with Gasteiger partial charge in [0.15, 0.2) is 5.82 Å². The number of aromatic amines is 1. The third-order valence-electron chi connectivity index (χ3n) is 3.87. The van der Waals surface area contributed by atoms with Crippen LogP contribution >= 0.6 is 11.3 Å². The molecule has 1 aromatic carbocycles. The fraction of sp³-hybridized carbons (Fsp3) is 0.118. The monoisotopic (exact) mass is 338 g/mol. The molecule has 0 aliphatic carbocycles. The molecular weight excluding hydrogens is 324 g/mol. The highest BCUT2D eigenvalue weighted by Crippen LogP contribution is 2.26. The number of aromatic nitrogens is 2. The molecule has 0 saturated carbocycles. The van der Waals surface area contributed by atoms with E-state index in [1.165, 1.54) is 0 Å². The average molecular weight is 338 g/mol. The molecular formula is C17H14N4O2S. The topological polar surface area (TPSA) is 86.9 Å². The summed E-state index contributed by atoms with van der Waals surface area (Å²) < 4.78 is 0. The van der Waals surface area contributed by atoms with Gasteiger partial charge in [-0.2, -0.15) is 5.10 Å². The van der Waals surface area contributed by atoms with Crippen molar-refractivity contribution in [2.75, 3.05) is 10.6 Å². The molecule has 3 heterocycles. The second-order valence-electron chi connectivity index (χ2n) is 5.52. The van der Waals surface area contributed by atoms with Gasteiger partial charge in [-0.3, -0.25) is 14.7 Å². The maximum Gasteiger partial charge on any atom is 0.256 e. The highest BCUT2D eigenvalue weighted by molar-refractivity contribution is 7.13. The number of fused-ring (bicyclic) bond motifs is 1. The zero-order valence-electron chi connectivity index (χ0n) is 12.6. The Morgan fingerprint density at radius 2 is 2.12 bits per heavy atom. The first-order chi connectivity index (χ1) is 11.7. The van der Waals surface area contributed by atoms with Crippen molar-refractivity contribution in [1.82, 2.24) is 10.2 Å². The molecule has 1 aliphatic rings. The van der Waals surface area contributed by atoms with Gasteiger partial charge >= 0.3 is 0 Å². The third-order valence-corrected chi connectivity index (χ3v) is 4.77. The summed E-state index contributed by atoms with van der Waals surface area (Å²) in [6.45, 7) is 0. The molecule has 0 radical (unpaired) electrons. The van der Waals surface area contributed by atoms with Crippen molar-refractivity contribution in [3.05, 3.63) is 52.9 Å². The SMILES string of the molecule is O=C1CCc2cc(C(=O)Nc3cc(-c4cccs4)[nH]n3)ccc2N1. The summed E-state index contributed by atoms with van der Waals surface area (Å²) in [5, 5.41) is 14.6. The number of hydrogen-bond donors (Lipinski definition) is 3. The maximum atomic E-state index is 12.4. The minimum atomic E-state index is -0.223. The van der Waals surface area contributed by atoms with E-state index in [2.05, 4.69) is 20.8 Å². The molecule has 4 rings (SSSR count). The maximum absolute atomic E-state index is 12.4. The second-order valence-corrected chi connectivity index (χ2v) is 6.47. The Balaban J connectivity index is 1.51. The van der Waals surface area contributed by atoms with E-state index in [4.69, 9.17) is 0 Å². The van der Waals surface area contributed by atoms with Crippen LogP contribution in [0, 0.1) is 0 Å². The van der Waals surface area contributed by atoms with Gasteiger partial charge in [-0.25, -0.2) is 0 Å². The highest BCUT2D eigenvalue weighted by atomic mass is 32.1. The van der Waals surface area contributed by atoms with Crippen LogP contribution < -0.4 is 10.6 Å². The Labute approximate surface area is 141 Å². The van der Waals surface area contributed by atoms with Crippen molar-refractivity contribution in [3.63, 3.8) is 0 Å². The van der Waals surface area contributed by atoms with Crippen LogP contribution in [0.4, 0.5) is 11.5 Å². The van der Waals surface area contributed by atoms with Gasteiger partial charge in [0.25, 0.3) is 5.91 Å². The molecule has 120 valence electrons. The molecule has 3 aromatic rings. The predicted octanol–water partition coefficient (Wildman–Crippen LogP) is 3.28. The Morgan fingerprint density at radius 1 is 1.21 bits per heavy atom. The van der Waals surface area contributed by atoms with E-state index in [-0.39, 0.29) is 11.8 Å². The minimum absolute atomic E-state index is 0.0114. The average Bonchev–Trinajstić information content (AvgIpc) is 3.25. The van der Waals surface area contributed by atoms with E-state index < -0.39 is 0 Å². The van der Waals surface area contributed by atoms with Crippen LogP contribution in [-0.4, -0.2) is 22.0 Å². The minimum Gasteiger partial charge on any atom is -0.326 e. The van der Waals surface area contributed by atoms with Gasteiger partial charge in [-0.05, 0) is 41.6 Å². The lowest BCUT2D eigenvalue weighted by Crippen LogP contribution is -2.20. The summed E-state index contributed by atoms with van der Waals surface area (Å²) in [4.78, 5) is 24.9. The zero-order valence-corrected chi connectivity index (χ0v) is 13.4. The van der Waals surface area contributed by atoms with Crippen molar-refractivity contribution in [1.29, 1.82) is 0 Å². The summed E-state index contributed by atoms with van der Waals surface area (Å²) in [7, 11) is 0. The zero-order chi connectivity index (χ0) is 16.5. The van der Waals surface area contributed by atoms with Gasteiger partial charge < -0.3 is 10.6 Å². The second kappa shape index (κ2) is 5.93. The van der Waals surface area contributed by atoms with Crippen LogP contribution in [-0.2, 0) is 11.2 Å². The molecule has 1 aliphatic heterocycles. The molecule has 3 N–H and O–H groups in total. The Morgan fingerprint density at radius 3 is 2.96 bits per heavy atom. The number of rotatable bonds is 3. The summed E-state index contributed by atoms with van der Waals surface area (Å²) in [5.41, 5.74) is 3.17. The van der Waals surface area contributed by atoms with Crippen molar-refractivity contribution in [2.45, 2.75) is 12.8 Å². The van der Waals surface area contributed by atoms with Crippen LogP contribution in [0.5, 0.6) is 0 Å². The van der Waals surface area contributed by atoms with Crippen LogP contribution in [0.15, 0.2) is 41.8 Å². The number of H-pyrrole nitrogens is 1. The van der Waals surface area contributed by atoms with Crippen LogP contribution in [0.25, 0.3) is 10.6 Å². The molecule has 0 bridgehead atoms. The number of anilines is 2.